The van der Waals surface area contributed by atoms with E-state index in [-0.39, 0.29) is 68.9 Å². The van der Waals surface area contributed by atoms with E-state index in [2.05, 4.69) is 28.8 Å². The van der Waals surface area contributed by atoms with Gasteiger partial charge in [0.05, 0.1) is 36.4 Å². The summed E-state index contributed by atoms with van der Waals surface area (Å²) in [4.78, 5) is 47.6. The highest BCUT2D eigenvalue weighted by Gasteiger charge is 2.24. The van der Waals surface area contributed by atoms with Gasteiger partial charge in [-0.3, -0.25) is 19.0 Å². The number of nitrogens with zero attached hydrogens (tertiary/aromatic N) is 3. The molecule has 49 heavy (non-hydrogen) atoms. The van der Waals surface area contributed by atoms with Crippen molar-refractivity contribution in [1.29, 1.82) is 0 Å². The van der Waals surface area contributed by atoms with Crippen LogP contribution in [0.4, 0.5) is 21.7 Å². The molecule has 0 saturated heterocycles. The minimum atomic E-state index is -0.503. The van der Waals surface area contributed by atoms with Crippen LogP contribution in [0.1, 0.15) is 16.7 Å². The third-order valence-corrected chi connectivity index (χ3v) is 8.38. The number of hydrogen-bond acceptors (Lipinski definition) is 8. The monoisotopic (exact) mass is 701 g/mol. The second-order valence-electron chi connectivity index (χ2n) is 10.8. The number of methoxy groups -OCH3 is 2. The zero-order valence-electron chi connectivity index (χ0n) is 26.7. The molecule has 0 radical (unpaired) electrons. The molecule has 0 bridgehead atoms. The molecular formula is C36H30Cl2FN5O5. The van der Waals surface area contributed by atoms with Gasteiger partial charge in [-0.05, 0) is 66.1 Å². The van der Waals surface area contributed by atoms with E-state index in [4.69, 9.17) is 37.7 Å². The minimum absolute atomic E-state index is 0.0420. The van der Waals surface area contributed by atoms with Gasteiger partial charge in [-0.2, -0.15) is 4.98 Å². The second-order valence-corrected chi connectivity index (χ2v) is 11.6. The standard InChI is InChI=1S/C36H30Cl2FN5O5/c1-6-25(45)14-21-13-23(39)12-19(3)33(21)42-36-40-17-22-15-26(30-31(37)27(48-4)16-28(49-5)32(30)38)35(47)44(34(22)43-36)18-20-8-10-24(11-9-20)41-29(46)7-2/h6-13,15-17H,1-2,14,18H2,3-5H3,(H,41,46)(H,40,42,43). The zero-order valence-corrected chi connectivity index (χ0v) is 28.2. The Balaban J connectivity index is 1.70. The minimum Gasteiger partial charge on any atom is -0.495 e. The van der Waals surface area contributed by atoms with Crippen molar-refractivity contribution in [3.63, 3.8) is 0 Å². The van der Waals surface area contributed by atoms with Crippen LogP contribution in [0, 0.1) is 12.7 Å². The number of benzene rings is 3. The summed E-state index contributed by atoms with van der Waals surface area (Å²) in [5, 5.41) is 6.47. The predicted molar refractivity (Wildman–Crippen MR) is 190 cm³/mol. The van der Waals surface area contributed by atoms with Gasteiger partial charge >= 0.3 is 0 Å². The molecular weight excluding hydrogens is 672 g/mol. The van der Waals surface area contributed by atoms with Crippen molar-refractivity contribution in [2.45, 2.75) is 19.9 Å². The number of ketones is 1. The van der Waals surface area contributed by atoms with Gasteiger partial charge in [-0.15, -0.1) is 0 Å². The fourth-order valence-corrected chi connectivity index (χ4v) is 5.94. The summed E-state index contributed by atoms with van der Waals surface area (Å²) in [6.45, 7) is 8.70. The number of carbonyl (C=O) groups is 2. The molecule has 3 aromatic carbocycles. The summed E-state index contributed by atoms with van der Waals surface area (Å²) in [5.74, 6) is -0.574. The molecule has 1 amide bonds. The first kappa shape index (κ1) is 34.8. The Bertz CT molecular complexity index is 2170. The number of rotatable bonds is 12. The maximum Gasteiger partial charge on any atom is 0.260 e. The summed E-state index contributed by atoms with van der Waals surface area (Å²) >= 11 is 13.5. The number of nitrogens with one attached hydrogen (secondary N) is 2. The van der Waals surface area contributed by atoms with Crippen molar-refractivity contribution >= 4 is 63.2 Å². The molecule has 13 heteroatoms. The quantitative estimate of drug-likeness (QED) is 0.129. The van der Waals surface area contributed by atoms with E-state index in [1.54, 1.807) is 37.3 Å². The number of pyridine rings is 1. The Morgan fingerprint density at radius 1 is 1.00 bits per heavy atom. The highest BCUT2D eigenvalue weighted by atomic mass is 35.5. The van der Waals surface area contributed by atoms with Crippen LogP contribution in [0.5, 0.6) is 11.5 Å². The Labute approximate surface area is 290 Å². The highest BCUT2D eigenvalue weighted by molar-refractivity contribution is 6.41. The average molecular weight is 703 g/mol. The van der Waals surface area contributed by atoms with Crippen LogP contribution in [0.15, 0.2) is 84.8 Å². The fourth-order valence-electron chi connectivity index (χ4n) is 5.24. The summed E-state index contributed by atoms with van der Waals surface area (Å²) < 4.78 is 26.7. The van der Waals surface area contributed by atoms with Crippen LogP contribution < -0.4 is 25.7 Å². The SMILES string of the molecule is C=CC(=O)Cc1cc(F)cc(C)c1Nc1ncc2cc(-c3c(Cl)c(OC)cc(OC)c3Cl)c(=O)n(Cc3ccc(NC(=O)C=C)cc3)c2n1. The highest BCUT2D eigenvalue weighted by Crippen LogP contribution is 2.45. The van der Waals surface area contributed by atoms with Gasteiger partial charge in [-0.1, -0.05) is 48.5 Å². The van der Waals surface area contributed by atoms with E-state index in [0.717, 1.165) is 6.08 Å². The van der Waals surface area contributed by atoms with Crippen LogP contribution in [-0.4, -0.2) is 40.4 Å². The largest absolute Gasteiger partial charge is 0.495 e. The number of ether oxygens (including phenoxy) is 2. The predicted octanol–water partition coefficient (Wildman–Crippen LogP) is 7.44. The first-order valence-electron chi connectivity index (χ1n) is 14.7. The number of carbonyl (C=O) groups excluding carboxylic acids is 2. The molecule has 0 unspecified atom stereocenters. The van der Waals surface area contributed by atoms with Crippen molar-refractivity contribution in [3.8, 4) is 22.6 Å². The van der Waals surface area contributed by atoms with E-state index in [9.17, 15) is 18.8 Å². The Morgan fingerprint density at radius 2 is 1.67 bits per heavy atom. The lowest BCUT2D eigenvalue weighted by Crippen LogP contribution is -2.24. The third kappa shape index (κ3) is 7.33. The number of hydrogen-bond donors (Lipinski definition) is 2. The smallest absolute Gasteiger partial charge is 0.260 e. The van der Waals surface area contributed by atoms with E-state index in [0.29, 0.717) is 33.5 Å². The van der Waals surface area contributed by atoms with Crippen molar-refractivity contribution in [2.75, 3.05) is 24.9 Å². The number of anilines is 3. The van der Waals surface area contributed by atoms with Crippen LogP contribution in [0.2, 0.25) is 10.0 Å². The molecule has 0 fully saturated rings. The lowest BCUT2D eigenvalue weighted by Gasteiger charge is -2.18. The molecule has 5 rings (SSSR count). The van der Waals surface area contributed by atoms with Crippen LogP contribution in [0.3, 0.4) is 0 Å². The van der Waals surface area contributed by atoms with Crippen molar-refractivity contribution < 1.29 is 23.5 Å². The van der Waals surface area contributed by atoms with Crippen molar-refractivity contribution in [3.05, 3.63) is 123 Å². The van der Waals surface area contributed by atoms with E-state index in [1.807, 2.05) is 0 Å². The topological polar surface area (TPSA) is 124 Å². The van der Waals surface area contributed by atoms with Gasteiger partial charge in [-0.25, -0.2) is 9.37 Å². The van der Waals surface area contributed by atoms with Gasteiger partial charge in [0.25, 0.3) is 5.56 Å². The normalized spacial score (nSPS) is 10.8. The molecule has 0 aliphatic rings. The molecule has 0 aliphatic heterocycles. The molecule has 2 heterocycles. The zero-order chi connectivity index (χ0) is 35.4. The molecule has 5 aromatic rings. The van der Waals surface area contributed by atoms with Crippen LogP contribution >= 0.6 is 23.2 Å². The Hall–Kier alpha value is -5.52. The molecule has 0 atom stereocenters. The molecule has 0 aliphatic carbocycles. The number of amides is 1. The number of aryl methyl sites for hydroxylation is 1. The first-order valence-corrected chi connectivity index (χ1v) is 15.5. The van der Waals surface area contributed by atoms with E-state index in [1.165, 1.54) is 49.3 Å². The van der Waals surface area contributed by atoms with Gasteiger partial charge in [0.1, 0.15) is 23.0 Å². The lowest BCUT2D eigenvalue weighted by atomic mass is 10.0. The Morgan fingerprint density at radius 3 is 2.29 bits per heavy atom. The third-order valence-electron chi connectivity index (χ3n) is 7.63. The first-order chi connectivity index (χ1) is 23.5. The molecule has 10 nitrogen and oxygen atoms in total. The summed E-state index contributed by atoms with van der Waals surface area (Å²) in [6.07, 6.45) is 3.75. The summed E-state index contributed by atoms with van der Waals surface area (Å²) in [6, 6.07) is 12.6. The molecule has 2 aromatic heterocycles. The second kappa shape index (κ2) is 14.7. The van der Waals surface area contributed by atoms with Gasteiger partial charge in [0.15, 0.2) is 5.78 Å². The lowest BCUT2D eigenvalue weighted by molar-refractivity contribution is -0.114. The summed E-state index contributed by atoms with van der Waals surface area (Å²) in [7, 11) is 2.87. The van der Waals surface area contributed by atoms with Gasteiger partial charge < -0.3 is 20.1 Å². The fraction of sp³-hybridized carbons (Fsp3) is 0.139. The molecule has 0 saturated carbocycles. The molecule has 2 N–H and O–H groups in total. The van der Waals surface area contributed by atoms with Crippen LogP contribution in [0.25, 0.3) is 22.2 Å². The number of aromatic nitrogens is 3. The van der Waals surface area contributed by atoms with Crippen LogP contribution in [-0.2, 0) is 22.6 Å². The van der Waals surface area contributed by atoms with E-state index >= 15 is 0 Å². The number of allylic oxidation sites excluding steroid dienone is 1. The number of halogens is 3. The van der Waals surface area contributed by atoms with Gasteiger partial charge in [0.2, 0.25) is 11.9 Å². The molecule has 0 spiro atoms. The van der Waals surface area contributed by atoms with Crippen molar-refractivity contribution in [1.82, 2.24) is 14.5 Å². The van der Waals surface area contributed by atoms with Gasteiger partial charge in [0, 0.05) is 41.0 Å². The molecule has 250 valence electrons. The maximum absolute atomic E-state index is 14.4. The van der Waals surface area contributed by atoms with E-state index < -0.39 is 11.4 Å². The Kier molecular flexibility index (Phi) is 10.5. The van der Waals surface area contributed by atoms with Crippen molar-refractivity contribution in [2.24, 2.45) is 0 Å². The average Bonchev–Trinajstić information content (AvgIpc) is 3.08. The number of fused-ring (bicyclic) bond motifs is 1. The summed E-state index contributed by atoms with van der Waals surface area (Å²) in [5.41, 5.74) is 2.68. The maximum atomic E-state index is 14.4.